The maximum absolute atomic E-state index is 5.01. The molecule has 34 valence electrons. The second kappa shape index (κ2) is 3.56. The second-order valence-electron chi connectivity index (χ2n) is 1.04. The summed E-state index contributed by atoms with van der Waals surface area (Å²) < 4.78 is 0. The van der Waals surface area contributed by atoms with Crippen LogP contribution in [0.1, 0.15) is 6.92 Å². The molecule has 1 N–H and O–H groups in total. The van der Waals surface area contributed by atoms with Crippen molar-refractivity contribution < 1.29 is 0 Å². The standard InChI is InChI=1S/C3H8BNS/c1-3(5-4)6-2/h3,5H,1-2H3. The first-order valence-corrected chi connectivity index (χ1v) is 3.09. The molecule has 2 radical (unpaired) electrons. The minimum absolute atomic E-state index is 0.380. The molecule has 0 spiro atoms. The van der Waals surface area contributed by atoms with Crippen LogP contribution in [0.15, 0.2) is 0 Å². The highest BCUT2D eigenvalue weighted by Gasteiger charge is 1.86. The van der Waals surface area contributed by atoms with Crippen molar-refractivity contribution >= 4 is 19.7 Å². The van der Waals surface area contributed by atoms with Gasteiger partial charge in [0.25, 0.3) is 0 Å². The Morgan fingerprint density at radius 2 is 2.33 bits per heavy atom. The van der Waals surface area contributed by atoms with Gasteiger partial charge < -0.3 is 5.23 Å². The second-order valence-corrected chi connectivity index (χ2v) is 2.22. The lowest BCUT2D eigenvalue weighted by Crippen LogP contribution is -2.17. The highest BCUT2D eigenvalue weighted by molar-refractivity contribution is 7.99. The van der Waals surface area contributed by atoms with Gasteiger partial charge in [0.2, 0.25) is 0 Å². The van der Waals surface area contributed by atoms with Crippen LogP contribution in [0.25, 0.3) is 0 Å². The third-order valence-corrected chi connectivity index (χ3v) is 1.43. The Kier molecular flexibility index (Phi) is 3.78. The zero-order valence-electron chi connectivity index (χ0n) is 4.06. The Hall–Kier alpha value is 0.375. The summed E-state index contributed by atoms with van der Waals surface area (Å²) in [5, 5.41) is 2.96. The van der Waals surface area contributed by atoms with Gasteiger partial charge in [0.15, 0.2) is 7.98 Å². The molecular weight excluding hydrogens is 92.9 g/mol. The summed E-state index contributed by atoms with van der Waals surface area (Å²) in [6.45, 7) is 2.00. The molecule has 0 rings (SSSR count). The van der Waals surface area contributed by atoms with Gasteiger partial charge in [-0.1, -0.05) is 0 Å². The Morgan fingerprint density at radius 3 is 2.33 bits per heavy atom. The zero-order chi connectivity index (χ0) is 4.99. The van der Waals surface area contributed by atoms with Crippen molar-refractivity contribution in [3.63, 3.8) is 0 Å². The van der Waals surface area contributed by atoms with E-state index in [-0.39, 0.29) is 0 Å². The van der Waals surface area contributed by atoms with Gasteiger partial charge >= 0.3 is 0 Å². The van der Waals surface area contributed by atoms with Crippen molar-refractivity contribution in [2.45, 2.75) is 12.3 Å². The van der Waals surface area contributed by atoms with Crippen LogP contribution in [0.5, 0.6) is 0 Å². The van der Waals surface area contributed by atoms with Gasteiger partial charge in [-0.05, 0) is 13.2 Å². The topological polar surface area (TPSA) is 12.0 Å². The minimum Gasteiger partial charge on any atom is -0.356 e. The predicted molar refractivity (Wildman–Crippen MR) is 31.9 cm³/mol. The Labute approximate surface area is 44.3 Å². The SMILES string of the molecule is [B]NC(C)SC. The van der Waals surface area contributed by atoms with Gasteiger partial charge in [0.05, 0.1) is 0 Å². The third-order valence-electron chi connectivity index (χ3n) is 0.588. The molecule has 0 aliphatic heterocycles. The average Bonchev–Trinajstić information content (AvgIpc) is 1.65. The maximum atomic E-state index is 5.01. The average molecular weight is 101 g/mol. The van der Waals surface area contributed by atoms with Crippen molar-refractivity contribution in [1.82, 2.24) is 5.23 Å². The molecule has 0 aromatic rings. The van der Waals surface area contributed by atoms with Gasteiger partial charge in [-0.2, -0.15) is 0 Å². The van der Waals surface area contributed by atoms with Crippen molar-refractivity contribution in [3.05, 3.63) is 0 Å². The molecule has 0 amide bonds. The third kappa shape index (κ3) is 2.60. The molecule has 1 atom stereocenters. The lowest BCUT2D eigenvalue weighted by Gasteiger charge is -2.02. The molecule has 0 bridgehead atoms. The fourth-order valence-corrected chi connectivity index (χ4v) is 0.204. The van der Waals surface area contributed by atoms with E-state index < -0.39 is 0 Å². The zero-order valence-corrected chi connectivity index (χ0v) is 4.88. The Morgan fingerprint density at radius 1 is 1.83 bits per heavy atom. The van der Waals surface area contributed by atoms with Crippen LogP contribution in [0.3, 0.4) is 0 Å². The molecule has 0 fully saturated rings. The summed E-state index contributed by atoms with van der Waals surface area (Å²) in [7, 11) is 5.01. The van der Waals surface area contributed by atoms with Crippen molar-refractivity contribution in [2.24, 2.45) is 0 Å². The summed E-state index contributed by atoms with van der Waals surface area (Å²) in [4.78, 5) is 0. The maximum Gasteiger partial charge on any atom is 0.179 e. The van der Waals surface area contributed by atoms with Gasteiger partial charge in [-0.15, -0.1) is 11.8 Å². The van der Waals surface area contributed by atoms with E-state index >= 15 is 0 Å². The van der Waals surface area contributed by atoms with E-state index in [1.165, 1.54) is 0 Å². The van der Waals surface area contributed by atoms with E-state index in [2.05, 4.69) is 5.23 Å². The molecule has 0 aromatic carbocycles. The molecule has 6 heavy (non-hydrogen) atoms. The first-order valence-electron chi connectivity index (χ1n) is 1.80. The fraction of sp³-hybridized carbons (Fsp3) is 1.00. The predicted octanol–water partition coefficient (Wildman–Crippen LogP) is 0.368. The normalized spacial score (nSPS) is 14.3. The first kappa shape index (κ1) is 6.37. The van der Waals surface area contributed by atoms with Crippen LogP contribution in [0.2, 0.25) is 0 Å². The molecule has 0 heterocycles. The fourth-order valence-electron chi connectivity index (χ4n) is 0.0680. The summed E-state index contributed by atoms with van der Waals surface area (Å²) >= 11 is 1.69. The lowest BCUT2D eigenvalue weighted by molar-refractivity contribution is 0.946. The van der Waals surface area contributed by atoms with Gasteiger partial charge in [-0.3, -0.25) is 0 Å². The highest BCUT2D eigenvalue weighted by Crippen LogP contribution is 1.96. The molecule has 0 aromatic heterocycles. The van der Waals surface area contributed by atoms with Gasteiger partial charge in [0, 0.05) is 5.37 Å². The Balaban J connectivity index is 2.75. The molecule has 0 aliphatic rings. The largest absolute Gasteiger partial charge is 0.356 e. The molecule has 0 saturated carbocycles. The van der Waals surface area contributed by atoms with E-state index in [1.807, 2.05) is 13.2 Å². The molecule has 0 saturated heterocycles. The molecule has 1 nitrogen and oxygen atoms in total. The Bertz CT molecular complexity index is 30.0. The van der Waals surface area contributed by atoms with E-state index in [1.54, 1.807) is 11.8 Å². The van der Waals surface area contributed by atoms with Crippen LogP contribution in [-0.4, -0.2) is 19.6 Å². The number of nitrogens with one attached hydrogen (secondary N) is 1. The quantitative estimate of drug-likeness (QED) is 0.398. The summed E-state index contributed by atoms with van der Waals surface area (Å²) in [6.07, 6.45) is 2.00. The summed E-state index contributed by atoms with van der Waals surface area (Å²) in [5.41, 5.74) is 0. The van der Waals surface area contributed by atoms with E-state index in [0.717, 1.165) is 0 Å². The van der Waals surface area contributed by atoms with E-state index in [4.69, 9.17) is 7.98 Å². The summed E-state index contributed by atoms with van der Waals surface area (Å²) in [5.74, 6) is 0. The van der Waals surface area contributed by atoms with Crippen LogP contribution in [-0.2, 0) is 0 Å². The summed E-state index contributed by atoms with van der Waals surface area (Å²) in [6, 6.07) is 0. The monoisotopic (exact) mass is 101 g/mol. The molecule has 1 unspecified atom stereocenters. The van der Waals surface area contributed by atoms with E-state index in [0.29, 0.717) is 5.37 Å². The number of hydrogen-bond acceptors (Lipinski definition) is 2. The van der Waals surface area contributed by atoms with Crippen LogP contribution < -0.4 is 5.23 Å². The number of thioether (sulfide) groups is 1. The minimum atomic E-state index is 0.380. The number of hydrogen-bond donors (Lipinski definition) is 1. The molecule has 3 heteroatoms. The number of rotatable bonds is 2. The molecular formula is C3H8BNS. The van der Waals surface area contributed by atoms with Crippen molar-refractivity contribution in [2.75, 3.05) is 6.26 Å². The lowest BCUT2D eigenvalue weighted by atomic mass is 10.4. The van der Waals surface area contributed by atoms with Gasteiger partial charge in [0.1, 0.15) is 0 Å². The van der Waals surface area contributed by atoms with Crippen molar-refractivity contribution in [3.8, 4) is 0 Å². The van der Waals surface area contributed by atoms with Crippen LogP contribution >= 0.6 is 11.8 Å². The van der Waals surface area contributed by atoms with E-state index in [9.17, 15) is 0 Å². The van der Waals surface area contributed by atoms with Crippen LogP contribution in [0, 0.1) is 0 Å². The smallest absolute Gasteiger partial charge is 0.179 e. The highest BCUT2D eigenvalue weighted by atomic mass is 32.2. The van der Waals surface area contributed by atoms with Crippen LogP contribution in [0.4, 0.5) is 0 Å². The van der Waals surface area contributed by atoms with Gasteiger partial charge in [-0.25, -0.2) is 0 Å². The first-order chi connectivity index (χ1) is 2.81. The molecule has 0 aliphatic carbocycles. The van der Waals surface area contributed by atoms with Crippen molar-refractivity contribution in [1.29, 1.82) is 0 Å².